The summed E-state index contributed by atoms with van der Waals surface area (Å²) in [5, 5.41) is 10.2. The highest BCUT2D eigenvalue weighted by atomic mass is 35.5. The van der Waals surface area contributed by atoms with E-state index in [1.807, 2.05) is 13.8 Å². The Kier molecular flexibility index (Phi) is 4.29. The number of H-pyrrole nitrogens is 1. The number of aromatic amines is 1. The molecule has 0 aliphatic carbocycles. The molecule has 0 spiro atoms. The molecule has 106 valence electrons. The van der Waals surface area contributed by atoms with E-state index in [0.29, 0.717) is 16.4 Å². The van der Waals surface area contributed by atoms with Crippen LogP contribution in [-0.2, 0) is 6.42 Å². The van der Waals surface area contributed by atoms with Crippen LogP contribution in [0.3, 0.4) is 0 Å². The molecule has 0 radical (unpaired) electrons. The van der Waals surface area contributed by atoms with Crippen molar-refractivity contribution in [3.8, 4) is 0 Å². The zero-order chi connectivity index (χ0) is 14.7. The van der Waals surface area contributed by atoms with E-state index >= 15 is 0 Å². The highest BCUT2D eigenvalue weighted by molar-refractivity contribution is 6.30. The smallest absolute Gasteiger partial charge is 0.278 e. The first kappa shape index (κ1) is 14.4. The topological polar surface area (TPSA) is 83.8 Å². The number of carbonyl (C=O) groups excluding carboxylic acids is 1. The van der Waals surface area contributed by atoms with Gasteiger partial charge in [0.05, 0.1) is 11.4 Å². The van der Waals surface area contributed by atoms with Crippen molar-refractivity contribution >= 4 is 28.9 Å². The van der Waals surface area contributed by atoms with Gasteiger partial charge in [0, 0.05) is 10.7 Å². The van der Waals surface area contributed by atoms with E-state index in [4.69, 9.17) is 17.3 Å². The second-order valence-electron chi connectivity index (χ2n) is 4.63. The number of aryl methyl sites for hydroxylation is 2. The number of nitrogens with one attached hydrogen (secondary N) is 2. The van der Waals surface area contributed by atoms with E-state index < -0.39 is 0 Å². The Balaban J connectivity index is 2.20. The summed E-state index contributed by atoms with van der Waals surface area (Å²) >= 11 is 5.88. The molecule has 0 aliphatic heterocycles. The van der Waals surface area contributed by atoms with Crippen LogP contribution < -0.4 is 11.1 Å². The molecule has 1 heterocycles. The average Bonchev–Trinajstić information content (AvgIpc) is 2.75. The Morgan fingerprint density at radius 3 is 2.90 bits per heavy atom. The van der Waals surface area contributed by atoms with E-state index in [0.717, 1.165) is 24.1 Å². The molecule has 5 nitrogen and oxygen atoms in total. The number of nitrogens with two attached hydrogens (primary N) is 1. The number of benzene rings is 1. The standard InChI is InChI=1S/C14H17ClN4O/c1-3-4-11-12(16)13(19-18-11)14(20)17-10-6-5-9(15)7-8(10)2/h5-7H,3-4,16H2,1-2H3,(H,17,20)(H,18,19). The third kappa shape index (κ3) is 2.93. The maximum Gasteiger partial charge on any atom is 0.278 e. The molecule has 6 heteroatoms. The monoisotopic (exact) mass is 292 g/mol. The number of aromatic nitrogens is 2. The van der Waals surface area contributed by atoms with Crippen LogP contribution >= 0.6 is 11.6 Å². The van der Waals surface area contributed by atoms with Crippen molar-refractivity contribution in [1.29, 1.82) is 0 Å². The lowest BCUT2D eigenvalue weighted by molar-refractivity contribution is 0.102. The number of carbonyl (C=O) groups is 1. The van der Waals surface area contributed by atoms with Crippen molar-refractivity contribution in [3.63, 3.8) is 0 Å². The Hall–Kier alpha value is -2.01. The highest BCUT2D eigenvalue weighted by Gasteiger charge is 2.17. The number of nitrogen functional groups attached to an aromatic ring is 1. The largest absolute Gasteiger partial charge is 0.395 e. The molecule has 2 aromatic rings. The SMILES string of the molecule is CCCc1[nH]nc(C(=O)Nc2ccc(Cl)cc2C)c1N. The Labute approximate surface area is 122 Å². The molecule has 0 aliphatic rings. The van der Waals surface area contributed by atoms with Gasteiger partial charge in [-0.2, -0.15) is 5.10 Å². The molecule has 0 bridgehead atoms. The number of anilines is 2. The van der Waals surface area contributed by atoms with Gasteiger partial charge in [-0.1, -0.05) is 24.9 Å². The molecule has 1 aromatic heterocycles. The van der Waals surface area contributed by atoms with Crippen LogP contribution in [0.15, 0.2) is 18.2 Å². The van der Waals surface area contributed by atoms with Gasteiger partial charge in [-0.25, -0.2) is 0 Å². The van der Waals surface area contributed by atoms with Crippen LogP contribution in [0.2, 0.25) is 5.02 Å². The second kappa shape index (κ2) is 5.96. The summed E-state index contributed by atoms with van der Waals surface area (Å²) in [5.41, 5.74) is 8.94. The van der Waals surface area contributed by atoms with Gasteiger partial charge in [0.1, 0.15) is 0 Å². The fourth-order valence-corrected chi connectivity index (χ4v) is 2.18. The van der Waals surface area contributed by atoms with Crippen LogP contribution in [0.1, 0.15) is 35.1 Å². The van der Waals surface area contributed by atoms with Crippen molar-refractivity contribution in [2.45, 2.75) is 26.7 Å². The van der Waals surface area contributed by atoms with E-state index in [2.05, 4.69) is 15.5 Å². The van der Waals surface area contributed by atoms with Crippen molar-refractivity contribution in [3.05, 3.63) is 40.2 Å². The first-order valence-corrected chi connectivity index (χ1v) is 6.81. The maximum absolute atomic E-state index is 12.2. The highest BCUT2D eigenvalue weighted by Crippen LogP contribution is 2.22. The predicted octanol–water partition coefficient (Wildman–Crippen LogP) is 3.16. The third-order valence-corrected chi connectivity index (χ3v) is 3.27. The molecule has 0 saturated heterocycles. The molecule has 1 amide bonds. The van der Waals surface area contributed by atoms with Crippen LogP contribution in [0.5, 0.6) is 0 Å². The van der Waals surface area contributed by atoms with Gasteiger partial charge in [0.25, 0.3) is 5.91 Å². The molecular weight excluding hydrogens is 276 g/mol. The van der Waals surface area contributed by atoms with Gasteiger partial charge in [0.2, 0.25) is 0 Å². The summed E-state index contributed by atoms with van der Waals surface area (Å²) in [6.45, 7) is 3.91. The van der Waals surface area contributed by atoms with Gasteiger partial charge in [0.15, 0.2) is 5.69 Å². The summed E-state index contributed by atoms with van der Waals surface area (Å²) in [5.74, 6) is -0.327. The lowest BCUT2D eigenvalue weighted by Gasteiger charge is -2.07. The second-order valence-corrected chi connectivity index (χ2v) is 5.06. The molecule has 0 saturated carbocycles. The van der Waals surface area contributed by atoms with Crippen LogP contribution in [0, 0.1) is 6.92 Å². The van der Waals surface area contributed by atoms with E-state index in [-0.39, 0.29) is 11.6 Å². The average molecular weight is 293 g/mol. The molecule has 0 atom stereocenters. The lowest BCUT2D eigenvalue weighted by atomic mass is 10.2. The van der Waals surface area contributed by atoms with Gasteiger partial charge in [-0.3, -0.25) is 9.89 Å². The van der Waals surface area contributed by atoms with E-state index in [9.17, 15) is 4.79 Å². The Morgan fingerprint density at radius 1 is 1.50 bits per heavy atom. The van der Waals surface area contributed by atoms with Crippen LogP contribution in [0.4, 0.5) is 11.4 Å². The summed E-state index contributed by atoms with van der Waals surface area (Å²) in [6.07, 6.45) is 1.70. The minimum Gasteiger partial charge on any atom is -0.395 e. The van der Waals surface area contributed by atoms with Crippen molar-refractivity contribution in [2.24, 2.45) is 0 Å². The van der Waals surface area contributed by atoms with Gasteiger partial charge in [-0.05, 0) is 37.1 Å². The number of halogens is 1. The maximum atomic E-state index is 12.2. The number of hydrogen-bond donors (Lipinski definition) is 3. The Morgan fingerprint density at radius 2 is 2.25 bits per heavy atom. The first-order valence-electron chi connectivity index (χ1n) is 6.43. The molecule has 0 fully saturated rings. The van der Waals surface area contributed by atoms with E-state index in [1.54, 1.807) is 18.2 Å². The lowest BCUT2D eigenvalue weighted by Crippen LogP contribution is -2.15. The summed E-state index contributed by atoms with van der Waals surface area (Å²) < 4.78 is 0. The first-order chi connectivity index (χ1) is 9.52. The summed E-state index contributed by atoms with van der Waals surface area (Å²) in [7, 11) is 0. The molecular formula is C14H17ClN4O. The number of rotatable bonds is 4. The van der Waals surface area contributed by atoms with Crippen molar-refractivity contribution < 1.29 is 4.79 Å². The predicted molar refractivity (Wildman–Crippen MR) is 81.1 cm³/mol. The minimum absolute atomic E-state index is 0.225. The molecule has 4 N–H and O–H groups in total. The number of nitrogens with zero attached hydrogens (tertiary/aromatic N) is 1. The normalized spacial score (nSPS) is 10.6. The minimum atomic E-state index is -0.327. The van der Waals surface area contributed by atoms with Gasteiger partial charge in [-0.15, -0.1) is 0 Å². The molecule has 0 unspecified atom stereocenters. The third-order valence-electron chi connectivity index (χ3n) is 3.03. The quantitative estimate of drug-likeness (QED) is 0.809. The molecule has 20 heavy (non-hydrogen) atoms. The fourth-order valence-electron chi connectivity index (χ4n) is 1.95. The number of amides is 1. The van der Waals surface area contributed by atoms with Crippen molar-refractivity contribution in [2.75, 3.05) is 11.1 Å². The van der Waals surface area contributed by atoms with Gasteiger partial charge >= 0.3 is 0 Å². The molecule has 2 rings (SSSR count). The fraction of sp³-hybridized carbons (Fsp3) is 0.286. The number of hydrogen-bond acceptors (Lipinski definition) is 3. The van der Waals surface area contributed by atoms with Gasteiger partial charge < -0.3 is 11.1 Å². The zero-order valence-corrected chi connectivity index (χ0v) is 12.2. The van der Waals surface area contributed by atoms with Crippen molar-refractivity contribution in [1.82, 2.24) is 10.2 Å². The summed E-state index contributed by atoms with van der Waals surface area (Å²) in [4.78, 5) is 12.2. The zero-order valence-electron chi connectivity index (χ0n) is 11.5. The Bertz CT molecular complexity index is 636. The van der Waals surface area contributed by atoms with Crippen LogP contribution in [-0.4, -0.2) is 16.1 Å². The van der Waals surface area contributed by atoms with E-state index in [1.165, 1.54) is 0 Å². The molecule has 1 aromatic carbocycles. The van der Waals surface area contributed by atoms with Crippen LogP contribution in [0.25, 0.3) is 0 Å². The summed E-state index contributed by atoms with van der Waals surface area (Å²) in [6, 6.07) is 5.26.